The summed E-state index contributed by atoms with van der Waals surface area (Å²) in [5.41, 5.74) is 0.0893. The molecule has 3 rings (SSSR count). The lowest BCUT2D eigenvalue weighted by atomic mass is 10.2. The van der Waals surface area contributed by atoms with Gasteiger partial charge in [-0.15, -0.1) is 10.2 Å². The van der Waals surface area contributed by atoms with Gasteiger partial charge in [0.1, 0.15) is 0 Å². The van der Waals surface area contributed by atoms with Gasteiger partial charge in [0.2, 0.25) is 5.95 Å². The molecule has 0 radical (unpaired) electrons. The number of benzene rings is 1. The van der Waals surface area contributed by atoms with E-state index in [4.69, 9.17) is 0 Å². The van der Waals surface area contributed by atoms with Crippen LogP contribution in [-0.2, 0) is 6.54 Å². The fourth-order valence-electron chi connectivity index (χ4n) is 2.01. The Morgan fingerprint density at radius 1 is 1.43 bits per heavy atom. The summed E-state index contributed by atoms with van der Waals surface area (Å²) in [4.78, 5) is 22.3. The lowest BCUT2D eigenvalue weighted by Gasteiger charge is -2.14. The Hall–Kier alpha value is -2.42. The number of hydrogen-bond donors (Lipinski definition) is 1. The topological polar surface area (TPSA) is 103 Å². The highest BCUT2D eigenvalue weighted by Gasteiger charge is 2.19. The largest absolute Gasteiger partial charge is 0.290 e. The normalized spacial score (nSPS) is 13.5. The van der Waals surface area contributed by atoms with Crippen molar-refractivity contribution in [2.75, 3.05) is 11.1 Å². The SMILES string of the molecule is O=C(Nc1nnc2n1CCCS2)c1cccc([N+](=O)[O-])c1. The number of carbonyl (C=O) groups excluding carboxylic acids is 1. The third-order valence-electron chi connectivity index (χ3n) is 3.02. The van der Waals surface area contributed by atoms with E-state index >= 15 is 0 Å². The summed E-state index contributed by atoms with van der Waals surface area (Å²) in [7, 11) is 0. The van der Waals surface area contributed by atoms with E-state index in [0.29, 0.717) is 5.95 Å². The molecule has 1 aromatic carbocycles. The van der Waals surface area contributed by atoms with Gasteiger partial charge in [-0.05, 0) is 12.5 Å². The monoisotopic (exact) mass is 305 g/mol. The number of carbonyl (C=O) groups is 1. The van der Waals surface area contributed by atoms with E-state index in [-0.39, 0.29) is 11.3 Å². The second-order valence-corrected chi connectivity index (χ2v) is 5.48. The predicted molar refractivity (Wildman–Crippen MR) is 76.4 cm³/mol. The van der Waals surface area contributed by atoms with Crippen molar-refractivity contribution in [3.05, 3.63) is 39.9 Å². The number of nitro groups is 1. The molecule has 0 atom stereocenters. The zero-order valence-corrected chi connectivity index (χ0v) is 11.7. The standard InChI is InChI=1S/C12H11N5O3S/c18-10(8-3-1-4-9(7-8)17(19)20)13-11-14-15-12-16(11)5-2-6-21-12/h1,3-4,7H,2,5-6H2,(H,13,14,18). The summed E-state index contributed by atoms with van der Waals surface area (Å²) < 4.78 is 1.84. The minimum atomic E-state index is -0.535. The Morgan fingerprint density at radius 2 is 2.29 bits per heavy atom. The molecule has 1 aromatic heterocycles. The van der Waals surface area contributed by atoms with Crippen LogP contribution >= 0.6 is 11.8 Å². The molecule has 2 heterocycles. The Morgan fingerprint density at radius 3 is 3.10 bits per heavy atom. The first kappa shape index (κ1) is 13.6. The van der Waals surface area contributed by atoms with Gasteiger partial charge in [-0.2, -0.15) is 0 Å². The number of rotatable bonds is 3. The number of thioether (sulfide) groups is 1. The highest BCUT2D eigenvalue weighted by molar-refractivity contribution is 7.99. The second kappa shape index (κ2) is 5.52. The minimum absolute atomic E-state index is 0.124. The molecule has 1 amide bonds. The van der Waals surface area contributed by atoms with E-state index in [2.05, 4.69) is 15.5 Å². The first-order valence-electron chi connectivity index (χ1n) is 6.27. The van der Waals surface area contributed by atoms with Gasteiger partial charge in [-0.25, -0.2) is 0 Å². The number of hydrogen-bond acceptors (Lipinski definition) is 6. The molecule has 0 bridgehead atoms. The van der Waals surface area contributed by atoms with Crippen molar-refractivity contribution in [1.29, 1.82) is 0 Å². The number of fused-ring (bicyclic) bond motifs is 1. The quantitative estimate of drug-likeness (QED) is 0.686. The first-order valence-corrected chi connectivity index (χ1v) is 7.25. The number of aromatic nitrogens is 3. The summed E-state index contributed by atoms with van der Waals surface area (Å²) in [5, 5.41) is 22.1. The first-order chi connectivity index (χ1) is 10.1. The number of nitro benzene ring substituents is 1. The van der Waals surface area contributed by atoms with E-state index in [1.54, 1.807) is 11.8 Å². The van der Waals surface area contributed by atoms with Crippen LogP contribution in [-0.4, -0.2) is 31.3 Å². The van der Waals surface area contributed by atoms with E-state index in [1.807, 2.05) is 4.57 Å². The summed E-state index contributed by atoms with van der Waals surface area (Å²) in [6.07, 6.45) is 0.982. The molecule has 21 heavy (non-hydrogen) atoms. The molecule has 108 valence electrons. The molecule has 1 aliphatic heterocycles. The maximum absolute atomic E-state index is 12.2. The zero-order valence-electron chi connectivity index (χ0n) is 10.9. The lowest BCUT2D eigenvalue weighted by Crippen LogP contribution is -2.17. The lowest BCUT2D eigenvalue weighted by molar-refractivity contribution is -0.384. The van der Waals surface area contributed by atoms with Gasteiger partial charge in [-0.1, -0.05) is 17.8 Å². The van der Waals surface area contributed by atoms with Gasteiger partial charge in [0, 0.05) is 30.0 Å². The third kappa shape index (κ3) is 2.72. The van der Waals surface area contributed by atoms with Gasteiger partial charge in [0.15, 0.2) is 5.16 Å². The summed E-state index contributed by atoms with van der Waals surface area (Å²) in [6, 6.07) is 5.57. The molecule has 1 aliphatic rings. The summed E-state index contributed by atoms with van der Waals surface area (Å²) in [5.74, 6) is 0.912. The number of nitrogens with zero attached hydrogens (tertiary/aromatic N) is 4. The smallest absolute Gasteiger partial charge is 0.270 e. The van der Waals surface area contributed by atoms with Gasteiger partial charge >= 0.3 is 0 Å². The molecule has 0 saturated carbocycles. The van der Waals surface area contributed by atoms with E-state index in [0.717, 1.165) is 23.9 Å². The van der Waals surface area contributed by atoms with Gasteiger partial charge in [0.25, 0.3) is 11.6 Å². The molecule has 9 heteroatoms. The fourth-order valence-corrected chi connectivity index (χ4v) is 2.90. The van der Waals surface area contributed by atoms with Crippen LogP contribution in [0.15, 0.2) is 29.4 Å². The van der Waals surface area contributed by atoms with Crippen molar-refractivity contribution in [3.8, 4) is 0 Å². The van der Waals surface area contributed by atoms with Crippen molar-refractivity contribution >= 4 is 29.3 Å². The van der Waals surface area contributed by atoms with Crippen LogP contribution < -0.4 is 5.32 Å². The Kier molecular flexibility index (Phi) is 3.57. The third-order valence-corrected chi connectivity index (χ3v) is 4.07. The van der Waals surface area contributed by atoms with Crippen molar-refractivity contribution < 1.29 is 9.72 Å². The van der Waals surface area contributed by atoms with E-state index in [9.17, 15) is 14.9 Å². The van der Waals surface area contributed by atoms with Gasteiger partial charge in [-0.3, -0.25) is 24.8 Å². The molecular weight excluding hydrogens is 294 g/mol. The van der Waals surface area contributed by atoms with Crippen LogP contribution in [0, 0.1) is 10.1 Å². The average molecular weight is 305 g/mol. The number of nitrogens with one attached hydrogen (secondary N) is 1. The highest BCUT2D eigenvalue weighted by atomic mass is 32.2. The van der Waals surface area contributed by atoms with Crippen LogP contribution in [0.2, 0.25) is 0 Å². The Balaban J connectivity index is 1.82. The van der Waals surface area contributed by atoms with Gasteiger partial charge < -0.3 is 0 Å². The maximum Gasteiger partial charge on any atom is 0.270 e. The molecule has 1 N–H and O–H groups in total. The zero-order chi connectivity index (χ0) is 14.8. The number of amides is 1. The van der Waals surface area contributed by atoms with Crippen molar-refractivity contribution in [1.82, 2.24) is 14.8 Å². The fraction of sp³-hybridized carbons (Fsp3) is 0.250. The van der Waals surface area contributed by atoms with Crippen LogP contribution in [0.3, 0.4) is 0 Å². The van der Waals surface area contributed by atoms with Crippen LogP contribution in [0.5, 0.6) is 0 Å². The van der Waals surface area contributed by atoms with E-state index in [1.165, 1.54) is 24.3 Å². The molecule has 8 nitrogen and oxygen atoms in total. The van der Waals surface area contributed by atoms with Gasteiger partial charge in [0.05, 0.1) is 4.92 Å². The maximum atomic E-state index is 12.2. The Labute approximate surface area is 123 Å². The Bertz CT molecular complexity index is 715. The molecule has 0 saturated heterocycles. The summed E-state index contributed by atoms with van der Waals surface area (Å²) >= 11 is 1.59. The molecule has 2 aromatic rings. The van der Waals surface area contributed by atoms with Crippen LogP contribution in [0.25, 0.3) is 0 Å². The molecule has 0 aliphatic carbocycles. The average Bonchev–Trinajstić information content (AvgIpc) is 2.91. The highest BCUT2D eigenvalue weighted by Crippen LogP contribution is 2.25. The molecule has 0 fully saturated rings. The second-order valence-electron chi connectivity index (χ2n) is 4.42. The predicted octanol–water partition coefficient (Wildman–Crippen LogP) is 1.93. The number of non-ortho nitro benzene ring substituents is 1. The van der Waals surface area contributed by atoms with Crippen molar-refractivity contribution in [2.24, 2.45) is 0 Å². The van der Waals surface area contributed by atoms with E-state index < -0.39 is 10.8 Å². The van der Waals surface area contributed by atoms with Crippen molar-refractivity contribution in [3.63, 3.8) is 0 Å². The minimum Gasteiger partial charge on any atom is -0.290 e. The summed E-state index contributed by atoms with van der Waals surface area (Å²) in [6.45, 7) is 0.750. The van der Waals surface area contributed by atoms with Crippen LogP contribution in [0.4, 0.5) is 11.6 Å². The number of anilines is 1. The molecule has 0 unspecified atom stereocenters. The molecular formula is C12H11N5O3S. The molecule has 0 spiro atoms. The van der Waals surface area contributed by atoms with Crippen LogP contribution in [0.1, 0.15) is 16.8 Å². The van der Waals surface area contributed by atoms with Crippen molar-refractivity contribution in [2.45, 2.75) is 18.1 Å².